The fraction of sp³-hybridized carbons (Fsp3) is 0.784. The smallest absolute Gasteiger partial charge is 0.338 e. The molecule has 5 atom stereocenters. The number of carbonyl (C=O) groups excluding carboxylic acids is 2. The van der Waals surface area contributed by atoms with E-state index in [1.165, 1.54) is 25.2 Å². The number of halogens is 1. The number of non-ortho nitro benzene ring substituents is 1. The molecule has 54 heavy (non-hydrogen) atoms. The van der Waals surface area contributed by atoms with Crippen LogP contribution in [0.3, 0.4) is 0 Å². The zero-order chi connectivity index (χ0) is 42.2. The molecule has 0 N–H and O–H groups in total. The van der Waals surface area contributed by atoms with Gasteiger partial charge < -0.3 is 27.5 Å². The lowest BCUT2D eigenvalue weighted by molar-refractivity contribution is -0.384. The minimum Gasteiger partial charge on any atom is -0.464 e. The van der Waals surface area contributed by atoms with Crippen molar-refractivity contribution < 1.29 is 42.0 Å². The van der Waals surface area contributed by atoms with E-state index < -0.39 is 80.0 Å². The van der Waals surface area contributed by atoms with Gasteiger partial charge in [0.1, 0.15) is 24.1 Å². The second-order valence-corrected chi connectivity index (χ2v) is 40.5. The Morgan fingerprint density at radius 2 is 1.24 bits per heavy atom. The van der Waals surface area contributed by atoms with E-state index in [9.17, 15) is 19.7 Å². The molecule has 1 fully saturated rings. The third kappa shape index (κ3) is 12.2. The van der Waals surface area contributed by atoms with E-state index in [2.05, 4.69) is 121 Å². The molecular formula is C37H69ClN2O10Si4. The first-order valence-electron chi connectivity index (χ1n) is 18.8. The first kappa shape index (κ1) is 48.5. The van der Waals surface area contributed by atoms with Crippen molar-refractivity contribution in [2.75, 3.05) is 18.6 Å². The molecule has 0 aliphatic carbocycles. The van der Waals surface area contributed by atoms with E-state index in [-0.39, 0.29) is 38.8 Å². The van der Waals surface area contributed by atoms with Gasteiger partial charge in [0.05, 0.1) is 17.2 Å². The molecule has 0 saturated carbocycles. The summed E-state index contributed by atoms with van der Waals surface area (Å²) in [7, 11) is -8.13. The third-order valence-electron chi connectivity index (χ3n) is 11.6. The molecule has 0 aromatic heterocycles. The highest BCUT2D eigenvalue weighted by Gasteiger charge is 2.59. The van der Waals surface area contributed by atoms with E-state index in [0.717, 1.165) is 10.9 Å². The number of hydrogen-bond acceptors (Lipinski definition) is 10. The van der Waals surface area contributed by atoms with Gasteiger partial charge >= 0.3 is 11.3 Å². The number of carbonyl (C=O) groups is 2. The number of amides is 1. The summed E-state index contributed by atoms with van der Waals surface area (Å²) in [6, 6.07) is 4.62. The highest BCUT2D eigenvalue weighted by molar-refractivity contribution is 6.76. The van der Waals surface area contributed by atoms with Gasteiger partial charge in [-0.1, -0.05) is 82.0 Å². The third-order valence-corrected chi connectivity index (χ3v) is 26.9. The molecule has 1 amide bonds. The average molecular weight is 850 g/mol. The van der Waals surface area contributed by atoms with Crippen LogP contribution in [0.5, 0.6) is 5.75 Å². The molecule has 1 saturated heterocycles. The quantitative estimate of drug-likeness (QED) is 0.0444. The molecular weight excluding hydrogens is 780 g/mol. The van der Waals surface area contributed by atoms with E-state index >= 15 is 0 Å². The number of nitro groups is 1. The predicted molar refractivity (Wildman–Crippen MR) is 227 cm³/mol. The largest absolute Gasteiger partial charge is 0.464 e. The van der Waals surface area contributed by atoms with E-state index in [4.69, 9.17) is 39.1 Å². The maximum absolute atomic E-state index is 14.4. The standard InChI is InChI=1S/C37H69ClN2O10Si4/c1-35(2,3)52(14,15)48-28-29(49-53(16,17)36(4,5)6)31(50-54(18,19)37(7,8)9)33(47-30(28)32(41)45-22-23-51(11,12)13)46-27-21-20-25(40(43)44)24-26(27)39(10)34(38)42/h20-21,24,28-31,33H,22-23H2,1-19H3/t28-,29-,30-,31+,33+/m0/s1. The monoisotopic (exact) mass is 848 g/mol. The summed E-state index contributed by atoms with van der Waals surface area (Å²) in [5, 5.41) is 10.2. The average Bonchev–Trinajstić information content (AvgIpc) is 2.96. The zero-order valence-electron chi connectivity index (χ0n) is 36.4. The van der Waals surface area contributed by atoms with Gasteiger partial charge in [-0.25, -0.2) is 4.79 Å². The lowest BCUT2D eigenvalue weighted by Gasteiger charge is -2.53. The van der Waals surface area contributed by atoms with Crippen molar-refractivity contribution in [1.29, 1.82) is 0 Å². The highest BCUT2D eigenvalue weighted by Crippen LogP contribution is 2.47. The Kier molecular flexibility index (Phi) is 15.3. The minimum atomic E-state index is -2.66. The van der Waals surface area contributed by atoms with Crippen molar-refractivity contribution in [2.45, 2.75) is 173 Å². The maximum Gasteiger partial charge on any atom is 0.338 e. The molecule has 0 unspecified atom stereocenters. The number of esters is 1. The Balaban J connectivity index is 3.02. The number of ether oxygens (including phenoxy) is 3. The van der Waals surface area contributed by atoms with Crippen molar-refractivity contribution in [3.05, 3.63) is 28.3 Å². The minimum absolute atomic E-state index is 0.0367. The van der Waals surface area contributed by atoms with E-state index in [1.807, 2.05) is 0 Å². The van der Waals surface area contributed by atoms with Crippen LogP contribution in [0.2, 0.25) is 80.1 Å². The summed E-state index contributed by atoms with van der Waals surface area (Å²) >= 11 is 5.90. The zero-order valence-corrected chi connectivity index (χ0v) is 41.1. The summed E-state index contributed by atoms with van der Waals surface area (Å²) < 4.78 is 41.2. The van der Waals surface area contributed by atoms with Crippen LogP contribution in [0, 0.1) is 10.1 Å². The summed E-state index contributed by atoms with van der Waals surface area (Å²) in [4.78, 5) is 39.1. The molecule has 17 heteroatoms. The molecule has 0 radical (unpaired) electrons. The number of rotatable bonds is 14. The van der Waals surface area contributed by atoms with Crippen LogP contribution >= 0.6 is 11.6 Å². The maximum atomic E-state index is 14.4. The lowest BCUT2D eigenvalue weighted by atomic mass is 9.99. The molecule has 1 aromatic carbocycles. The number of benzene rings is 1. The highest BCUT2D eigenvalue weighted by atomic mass is 35.5. The molecule has 1 aromatic rings. The van der Waals surface area contributed by atoms with Gasteiger partial charge in [-0.2, -0.15) is 0 Å². The Bertz CT molecular complexity index is 1500. The van der Waals surface area contributed by atoms with Crippen LogP contribution in [0.1, 0.15) is 62.3 Å². The second kappa shape index (κ2) is 17.1. The van der Waals surface area contributed by atoms with Gasteiger partial charge in [0.25, 0.3) is 5.69 Å². The Labute approximate surface area is 333 Å². The van der Waals surface area contributed by atoms with E-state index in [1.54, 1.807) is 0 Å². The molecule has 0 bridgehead atoms. The fourth-order valence-corrected chi connectivity index (χ4v) is 9.45. The van der Waals surface area contributed by atoms with Crippen LogP contribution in [0.4, 0.5) is 16.2 Å². The Morgan fingerprint density at radius 3 is 1.65 bits per heavy atom. The number of nitrogens with zero attached hydrogens (tertiary/aromatic N) is 2. The van der Waals surface area contributed by atoms with Crippen LogP contribution in [-0.4, -0.2) is 93.6 Å². The second-order valence-electron chi connectivity index (χ2n) is 20.3. The number of anilines is 1. The Morgan fingerprint density at radius 1 is 0.796 bits per heavy atom. The number of nitro benzene ring substituents is 1. The van der Waals surface area contributed by atoms with E-state index in [0.29, 0.717) is 0 Å². The lowest BCUT2D eigenvalue weighted by Crippen LogP contribution is -2.69. The molecule has 1 aliphatic rings. The summed E-state index contributed by atoms with van der Waals surface area (Å²) in [5.74, 6) is -0.538. The van der Waals surface area contributed by atoms with Crippen molar-refractivity contribution in [3.8, 4) is 5.75 Å². The molecule has 1 heterocycles. The molecule has 0 spiro atoms. The predicted octanol–water partition coefficient (Wildman–Crippen LogP) is 10.5. The van der Waals surface area contributed by atoms with Gasteiger partial charge in [-0.05, 0) is 78.1 Å². The summed E-state index contributed by atoms with van der Waals surface area (Å²) in [6.07, 6.45) is -5.33. The normalized spacial score (nSPS) is 22.1. The van der Waals surface area contributed by atoms with Crippen LogP contribution < -0.4 is 9.64 Å². The van der Waals surface area contributed by atoms with Gasteiger partial charge in [0.2, 0.25) is 6.29 Å². The van der Waals surface area contributed by atoms with Crippen molar-refractivity contribution in [2.24, 2.45) is 0 Å². The SMILES string of the molecule is CN(C(=O)Cl)c1cc([N+](=O)[O-])ccc1O[C@@H]1O[C@H](C(=O)OCC[Si](C)(C)C)[C@@H](O[Si](C)(C)C(C)(C)C)[C@H](O[Si](C)(C)C(C)(C)C)[C@H]1O[Si](C)(C)C(C)(C)C. The van der Waals surface area contributed by atoms with Crippen LogP contribution in [0.15, 0.2) is 18.2 Å². The molecule has 1 aliphatic heterocycles. The molecule has 12 nitrogen and oxygen atoms in total. The number of hydrogen-bond donors (Lipinski definition) is 0. The molecule has 310 valence electrons. The van der Waals surface area contributed by atoms with Crippen LogP contribution in [0.25, 0.3) is 0 Å². The van der Waals surface area contributed by atoms with Gasteiger partial charge in [0.15, 0.2) is 31.1 Å². The topological polar surface area (TPSA) is 136 Å². The van der Waals surface area contributed by atoms with Crippen LogP contribution in [-0.2, 0) is 27.5 Å². The van der Waals surface area contributed by atoms with Crippen molar-refractivity contribution >= 4 is 67.3 Å². The van der Waals surface area contributed by atoms with Gasteiger partial charge in [-0.3, -0.25) is 19.8 Å². The molecule has 2 rings (SSSR count). The summed E-state index contributed by atoms with van der Waals surface area (Å²) in [6.45, 7) is 38.8. The fourth-order valence-electron chi connectivity index (χ4n) is 4.78. The van der Waals surface area contributed by atoms with Gasteiger partial charge in [0, 0.05) is 27.3 Å². The van der Waals surface area contributed by atoms with Crippen molar-refractivity contribution in [3.63, 3.8) is 0 Å². The first-order valence-corrected chi connectivity index (χ1v) is 31.6. The Hall–Kier alpha value is -1.64. The summed E-state index contributed by atoms with van der Waals surface area (Å²) in [5.41, 5.74) is -0.235. The van der Waals surface area contributed by atoms with Crippen molar-refractivity contribution in [1.82, 2.24) is 0 Å². The van der Waals surface area contributed by atoms with Gasteiger partial charge in [-0.15, -0.1) is 0 Å². The first-order chi connectivity index (χ1) is 24.0.